The number of alkyl halides is 1. The van der Waals surface area contributed by atoms with Crippen LogP contribution in [0.1, 0.15) is 31.4 Å². The first-order valence-corrected chi connectivity index (χ1v) is 5.02. The molecule has 1 aromatic carbocycles. The summed E-state index contributed by atoms with van der Waals surface area (Å²) in [5.74, 6) is 0. The van der Waals surface area contributed by atoms with Gasteiger partial charge >= 0.3 is 0 Å². The molecule has 0 heterocycles. The van der Waals surface area contributed by atoms with Crippen molar-refractivity contribution in [3.05, 3.63) is 35.9 Å². The van der Waals surface area contributed by atoms with Gasteiger partial charge in [0.15, 0.2) is 5.56 Å². The monoisotopic (exact) mass is 198 g/mol. The lowest BCUT2D eigenvalue weighted by molar-refractivity contribution is 0.0403. The molecule has 0 N–H and O–H groups in total. The molecule has 1 nitrogen and oxygen atoms in total. The zero-order valence-electron chi connectivity index (χ0n) is 8.03. The van der Waals surface area contributed by atoms with Crippen LogP contribution in [0.25, 0.3) is 0 Å². The third kappa shape index (κ3) is 3.37. The van der Waals surface area contributed by atoms with Gasteiger partial charge in [0, 0.05) is 0 Å². The molecule has 0 saturated heterocycles. The van der Waals surface area contributed by atoms with Crippen LogP contribution in [-0.4, -0.2) is 6.10 Å². The van der Waals surface area contributed by atoms with Gasteiger partial charge in [0.2, 0.25) is 0 Å². The molecular weight excluding hydrogens is 184 g/mol. The Kier molecular flexibility index (Phi) is 4.26. The van der Waals surface area contributed by atoms with Crippen molar-refractivity contribution < 1.29 is 4.74 Å². The maximum atomic E-state index is 6.06. The highest BCUT2D eigenvalue weighted by molar-refractivity contribution is 6.19. The maximum absolute atomic E-state index is 6.06. The van der Waals surface area contributed by atoms with Crippen molar-refractivity contribution in [2.45, 2.75) is 31.9 Å². The van der Waals surface area contributed by atoms with E-state index >= 15 is 0 Å². The van der Waals surface area contributed by atoms with Gasteiger partial charge in [-0.1, -0.05) is 48.9 Å². The molecule has 72 valence electrons. The van der Waals surface area contributed by atoms with Crippen LogP contribution in [0.5, 0.6) is 0 Å². The molecule has 0 aliphatic heterocycles. The van der Waals surface area contributed by atoms with Crippen molar-refractivity contribution in [3.63, 3.8) is 0 Å². The van der Waals surface area contributed by atoms with Crippen LogP contribution in [0, 0.1) is 0 Å². The lowest BCUT2D eigenvalue weighted by Crippen LogP contribution is -2.08. The Morgan fingerprint density at radius 3 is 2.46 bits per heavy atom. The predicted molar refractivity (Wildman–Crippen MR) is 55.9 cm³/mol. The van der Waals surface area contributed by atoms with Crippen molar-refractivity contribution in [1.29, 1.82) is 0 Å². The van der Waals surface area contributed by atoms with Crippen LogP contribution in [0.2, 0.25) is 0 Å². The van der Waals surface area contributed by atoms with Gasteiger partial charge in [-0.25, -0.2) is 0 Å². The van der Waals surface area contributed by atoms with Gasteiger partial charge in [-0.15, -0.1) is 0 Å². The molecule has 0 radical (unpaired) electrons. The SMILES string of the molecule is CCC(C)OC(Cl)c1ccccc1. The van der Waals surface area contributed by atoms with Gasteiger partial charge < -0.3 is 4.74 Å². The molecule has 1 rings (SSSR count). The van der Waals surface area contributed by atoms with E-state index in [4.69, 9.17) is 16.3 Å². The van der Waals surface area contributed by atoms with Crippen LogP contribution in [-0.2, 0) is 4.74 Å². The molecule has 0 saturated carbocycles. The van der Waals surface area contributed by atoms with E-state index in [0.29, 0.717) is 0 Å². The lowest BCUT2D eigenvalue weighted by Gasteiger charge is -2.16. The summed E-state index contributed by atoms with van der Waals surface area (Å²) in [6.07, 6.45) is 1.19. The summed E-state index contributed by atoms with van der Waals surface area (Å²) in [6, 6.07) is 9.84. The van der Waals surface area contributed by atoms with E-state index in [-0.39, 0.29) is 11.7 Å². The first kappa shape index (κ1) is 10.6. The Bertz CT molecular complexity index is 235. The summed E-state index contributed by atoms with van der Waals surface area (Å²) in [6.45, 7) is 4.11. The van der Waals surface area contributed by atoms with Crippen molar-refractivity contribution in [2.75, 3.05) is 0 Å². The third-order valence-electron chi connectivity index (χ3n) is 1.99. The number of benzene rings is 1. The third-order valence-corrected chi connectivity index (χ3v) is 2.34. The molecule has 2 atom stereocenters. The average molecular weight is 199 g/mol. The molecule has 0 fully saturated rings. The van der Waals surface area contributed by atoms with Crippen LogP contribution in [0.3, 0.4) is 0 Å². The van der Waals surface area contributed by atoms with E-state index in [2.05, 4.69) is 6.92 Å². The number of halogens is 1. The van der Waals surface area contributed by atoms with Gasteiger partial charge in [-0.2, -0.15) is 0 Å². The fraction of sp³-hybridized carbons (Fsp3) is 0.455. The molecule has 13 heavy (non-hydrogen) atoms. The van der Waals surface area contributed by atoms with Gasteiger partial charge in [-0.3, -0.25) is 0 Å². The highest BCUT2D eigenvalue weighted by Crippen LogP contribution is 2.23. The van der Waals surface area contributed by atoms with Crippen LogP contribution < -0.4 is 0 Å². The number of hydrogen-bond acceptors (Lipinski definition) is 1. The van der Waals surface area contributed by atoms with Crippen LogP contribution in [0.15, 0.2) is 30.3 Å². The van der Waals surface area contributed by atoms with E-state index < -0.39 is 0 Å². The van der Waals surface area contributed by atoms with E-state index in [1.807, 2.05) is 37.3 Å². The van der Waals surface area contributed by atoms with Gasteiger partial charge in [-0.05, 0) is 18.9 Å². The molecule has 0 aromatic heterocycles. The van der Waals surface area contributed by atoms with Crippen LogP contribution >= 0.6 is 11.6 Å². The van der Waals surface area contributed by atoms with Gasteiger partial charge in [0.05, 0.1) is 6.10 Å². The fourth-order valence-corrected chi connectivity index (χ4v) is 1.30. The molecule has 2 unspecified atom stereocenters. The van der Waals surface area contributed by atoms with E-state index in [0.717, 1.165) is 12.0 Å². The van der Waals surface area contributed by atoms with Crippen molar-refractivity contribution in [1.82, 2.24) is 0 Å². The molecule has 0 bridgehead atoms. The topological polar surface area (TPSA) is 9.23 Å². The summed E-state index contributed by atoms with van der Waals surface area (Å²) in [5.41, 5.74) is 0.695. The Labute approximate surface area is 84.7 Å². The molecule has 0 aliphatic rings. The number of hydrogen-bond donors (Lipinski definition) is 0. The van der Waals surface area contributed by atoms with Crippen molar-refractivity contribution in [2.24, 2.45) is 0 Å². The maximum Gasteiger partial charge on any atom is 0.157 e. The van der Waals surface area contributed by atoms with Crippen molar-refractivity contribution in [3.8, 4) is 0 Å². The lowest BCUT2D eigenvalue weighted by atomic mass is 10.2. The molecule has 0 amide bonds. The van der Waals surface area contributed by atoms with Gasteiger partial charge in [0.25, 0.3) is 0 Å². The smallest absolute Gasteiger partial charge is 0.157 e. The molecule has 0 spiro atoms. The van der Waals surface area contributed by atoms with E-state index in [9.17, 15) is 0 Å². The largest absolute Gasteiger partial charge is 0.355 e. The van der Waals surface area contributed by atoms with Gasteiger partial charge in [0.1, 0.15) is 0 Å². The molecule has 1 aromatic rings. The summed E-state index contributed by atoms with van der Waals surface area (Å²) < 4.78 is 5.55. The minimum Gasteiger partial charge on any atom is -0.355 e. The first-order chi connectivity index (χ1) is 6.24. The minimum absolute atomic E-state index is 0.211. The minimum atomic E-state index is -0.323. The molecular formula is C11H15ClO. The second-order valence-electron chi connectivity index (χ2n) is 3.08. The Morgan fingerprint density at radius 2 is 1.92 bits per heavy atom. The summed E-state index contributed by atoms with van der Waals surface area (Å²) in [4.78, 5) is 0. The highest BCUT2D eigenvalue weighted by Gasteiger charge is 2.10. The zero-order valence-corrected chi connectivity index (χ0v) is 8.79. The number of ether oxygens (including phenoxy) is 1. The fourth-order valence-electron chi connectivity index (χ4n) is 0.983. The second kappa shape index (κ2) is 5.25. The summed E-state index contributed by atoms with van der Waals surface area (Å²) in [7, 11) is 0. The Balaban J connectivity index is 2.53. The summed E-state index contributed by atoms with van der Waals surface area (Å²) in [5, 5.41) is 0. The zero-order chi connectivity index (χ0) is 9.68. The second-order valence-corrected chi connectivity index (χ2v) is 3.48. The Hall–Kier alpha value is -0.530. The predicted octanol–water partition coefficient (Wildman–Crippen LogP) is 3.74. The normalized spacial score (nSPS) is 15.3. The highest BCUT2D eigenvalue weighted by atomic mass is 35.5. The average Bonchev–Trinajstić information content (AvgIpc) is 2.19. The molecule has 2 heteroatoms. The van der Waals surface area contributed by atoms with E-state index in [1.54, 1.807) is 0 Å². The number of rotatable bonds is 4. The van der Waals surface area contributed by atoms with Crippen LogP contribution in [0.4, 0.5) is 0 Å². The summed E-state index contributed by atoms with van der Waals surface area (Å²) >= 11 is 6.06. The van der Waals surface area contributed by atoms with Crippen molar-refractivity contribution >= 4 is 11.6 Å². The molecule has 0 aliphatic carbocycles. The Morgan fingerprint density at radius 1 is 1.31 bits per heavy atom. The standard InChI is InChI=1S/C11H15ClO/c1-3-9(2)13-11(12)10-7-5-4-6-8-10/h4-9,11H,3H2,1-2H3. The van der Waals surface area contributed by atoms with E-state index in [1.165, 1.54) is 0 Å². The first-order valence-electron chi connectivity index (χ1n) is 4.58. The quantitative estimate of drug-likeness (QED) is 0.670.